The monoisotopic (exact) mass is 470 g/mol. The van der Waals surface area contributed by atoms with E-state index in [1.807, 2.05) is 36.5 Å². The van der Waals surface area contributed by atoms with E-state index in [0.717, 1.165) is 43.7 Å². The molecule has 4 heterocycles. The van der Waals surface area contributed by atoms with E-state index in [-0.39, 0.29) is 12.2 Å². The van der Waals surface area contributed by atoms with Crippen LogP contribution in [0, 0.1) is 17.1 Å². The van der Waals surface area contributed by atoms with E-state index in [9.17, 15) is 4.39 Å². The average molecular weight is 471 g/mol. The number of benzene rings is 1. The number of tetrazole rings is 1. The summed E-state index contributed by atoms with van der Waals surface area (Å²) in [6.07, 6.45) is 3.85. The molecule has 1 fully saturated rings. The van der Waals surface area contributed by atoms with Crippen LogP contribution in [0.2, 0.25) is 0 Å². The van der Waals surface area contributed by atoms with E-state index >= 15 is 0 Å². The van der Waals surface area contributed by atoms with Crippen LogP contribution in [0.1, 0.15) is 41.1 Å². The Bertz CT molecular complexity index is 1310. The molecule has 1 N–H and O–H groups in total. The van der Waals surface area contributed by atoms with Crippen LogP contribution in [0.25, 0.3) is 11.5 Å². The molecule has 1 aliphatic rings. The number of likely N-dealkylation sites (tertiary alicyclic amines) is 1. The molecule has 0 unspecified atom stereocenters. The van der Waals surface area contributed by atoms with Gasteiger partial charge < -0.3 is 4.74 Å². The van der Waals surface area contributed by atoms with Gasteiger partial charge in [0.2, 0.25) is 11.7 Å². The van der Waals surface area contributed by atoms with E-state index in [1.165, 1.54) is 6.07 Å². The zero-order valence-electron chi connectivity index (χ0n) is 18.9. The van der Waals surface area contributed by atoms with Crippen molar-refractivity contribution < 1.29 is 9.13 Å². The minimum absolute atomic E-state index is 0.0615. The third kappa shape index (κ3) is 5.47. The summed E-state index contributed by atoms with van der Waals surface area (Å²) in [4.78, 5) is 11.5. The second kappa shape index (κ2) is 10.4. The lowest BCUT2D eigenvalue weighted by Crippen LogP contribution is -2.32. The summed E-state index contributed by atoms with van der Waals surface area (Å²) in [6, 6.07) is 16.0. The van der Waals surface area contributed by atoms with Crippen LogP contribution < -0.4 is 4.74 Å². The number of aromatic amines is 1. The lowest BCUT2D eigenvalue weighted by atomic mass is 9.93. The summed E-state index contributed by atoms with van der Waals surface area (Å²) >= 11 is 0. The standard InChI is InChI=1S/C25H23FN8O/c26-21-12-17(13-27)4-6-20(21)16-35-24-3-1-2-22(29-24)19-8-10-34(11-9-19)15-18-5-7-23(28-14-18)25-30-32-33-31-25/h1-7,12,14,19H,8-11,15-16H2,(H,30,31,32,33). The highest BCUT2D eigenvalue weighted by molar-refractivity contribution is 5.47. The number of hydrogen-bond donors (Lipinski definition) is 1. The lowest BCUT2D eigenvalue weighted by molar-refractivity contribution is 0.202. The number of nitriles is 1. The Morgan fingerprint density at radius 1 is 1.14 bits per heavy atom. The van der Waals surface area contributed by atoms with Crippen molar-refractivity contribution in [3.05, 3.63) is 82.9 Å². The van der Waals surface area contributed by atoms with Gasteiger partial charge in [0, 0.05) is 36.0 Å². The van der Waals surface area contributed by atoms with E-state index in [0.29, 0.717) is 28.9 Å². The summed E-state index contributed by atoms with van der Waals surface area (Å²) in [5.41, 5.74) is 3.50. The Kier molecular flexibility index (Phi) is 6.68. The highest BCUT2D eigenvalue weighted by Crippen LogP contribution is 2.29. The highest BCUT2D eigenvalue weighted by Gasteiger charge is 2.22. The number of nitrogens with one attached hydrogen (secondary N) is 1. The van der Waals surface area contributed by atoms with Crippen LogP contribution in [0.15, 0.2) is 54.7 Å². The summed E-state index contributed by atoms with van der Waals surface area (Å²) in [5.74, 6) is 0.854. The molecule has 0 saturated carbocycles. The van der Waals surface area contributed by atoms with Crippen molar-refractivity contribution in [2.24, 2.45) is 0 Å². The lowest BCUT2D eigenvalue weighted by Gasteiger charge is -2.31. The van der Waals surface area contributed by atoms with Crippen LogP contribution in [0.4, 0.5) is 4.39 Å². The van der Waals surface area contributed by atoms with E-state index in [2.05, 4.69) is 35.5 Å². The smallest absolute Gasteiger partial charge is 0.222 e. The van der Waals surface area contributed by atoms with Crippen LogP contribution in [0.3, 0.4) is 0 Å². The van der Waals surface area contributed by atoms with E-state index in [4.69, 9.17) is 10.00 Å². The Labute approximate surface area is 201 Å². The van der Waals surface area contributed by atoms with Gasteiger partial charge in [0.15, 0.2) is 0 Å². The predicted molar refractivity (Wildman–Crippen MR) is 124 cm³/mol. The molecule has 5 rings (SSSR count). The van der Waals surface area contributed by atoms with Crippen molar-refractivity contribution in [1.29, 1.82) is 5.26 Å². The number of halogens is 1. The zero-order chi connectivity index (χ0) is 24.0. The van der Waals surface area contributed by atoms with Gasteiger partial charge in [-0.05, 0) is 61.0 Å². The minimum atomic E-state index is -0.452. The molecule has 0 radical (unpaired) electrons. The number of aromatic nitrogens is 6. The number of H-pyrrole nitrogens is 1. The zero-order valence-corrected chi connectivity index (χ0v) is 18.9. The average Bonchev–Trinajstić information content (AvgIpc) is 3.44. The quantitative estimate of drug-likeness (QED) is 0.435. The predicted octanol–water partition coefficient (Wildman–Crippen LogP) is 3.63. The van der Waals surface area contributed by atoms with Crippen molar-refractivity contribution in [3.63, 3.8) is 0 Å². The molecule has 0 aliphatic carbocycles. The molecule has 9 nitrogen and oxygen atoms in total. The normalized spacial score (nSPS) is 14.5. The maximum Gasteiger partial charge on any atom is 0.222 e. The van der Waals surface area contributed by atoms with Gasteiger partial charge in [-0.2, -0.15) is 10.5 Å². The van der Waals surface area contributed by atoms with E-state index < -0.39 is 5.82 Å². The first-order valence-electron chi connectivity index (χ1n) is 11.4. The van der Waals surface area contributed by atoms with Crippen LogP contribution >= 0.6 is 0 Å². The van der Waals surface area contributed by atoms with Crippen LogP contribution in [0.5, 0.6) is 5.88 Å². The summed E-state index contributed by atoms with van der Waals surface area (Å²) in [7, 11) is 0. The van der Waals surface area contributed by atoms with Crippen molar-refractivity contribution >= 4 is 0 Å². The number of rotatable bonds is 7. The van der Waals surface area contributed by atoms with Gasteiger partial charge in [0.05, 0.1) is 11.6 Å². The molecular weight excluding hydrogens is 447 g/mol. The van der Waals surface area contributed by atoms with Crippen molar-refractivity contribution in [2.45, 2.75) is 31.9 Å². The van der Waals surface area contributed by atoms with Gasteiger partial charge in [-0.25, -0.2) is 9.37 Å². The Hall–Kier alpha value is -4.23. The van der Waals surface area contributed by atoms with Gasteiger partial charge in [0.1, 0.15) is 18.1 Å². The number of piperidine rings is 1. The summed E-state index contributed by atoms with van der Waals surface area (Å²) in [6.45, 7) is 2.81. The Balaban J connectivity index is 1.14. The fraction of sp³-hybridized carbons (Fsp3) is 0.280. The number of pyridine rings is 2. The molecule has 35 heavy (non-hydrogen) atoms. The molecule has 4 aromatic rings. The van der Waals surface area contributed by atoms with Crippen molar-refractivity contribution in [3.8, 4) is 23.5 Å². The molecule has 3 aromatic heterocycles. The second-order valence-corrected chi connectivity index (χ2v) is 8.44. The molecule has 1 aliphatic heterocycles. The van der Waals surface area contributed by atoms with Gasteiger partial charge in [0.25, 0.3) is 0 Å². The largest absolute Gasteiger partial charge is 0.473 e. The first kappa shape index (κ1) is 22.6. The Morgan fingerprint density at radius 3 is 2.74 bits per heavy atom. The van der Waals surface area contributed by atoms with Crippen LogP contribution in [-0.4, -0.2) is 48.6 Å². The molecule has 0 bridgehead atoms. The summed E-state index contributed by atoms with van der Waals surface area (Å²) < 4.78 is 19.9. The summed E-state index contributed by atoms with van der Waals surface area (Å²) in [5, 5.41) is 22.8. The van der Waals surface area contributed by atoms with Gasteiger partial charge >= 0.3 is 0 Å². The maximum absolute atomic E-state index is 14.1. The fourth-order valence-corrected chi connectivity index (χ4v) is 4.19. The molecular formula is C25H23FN8O. The molecule has 1 aromatic carbocycles. The van der Waals surface area contributed by atoms with Gasteiger partial charge in [-0.3, -0.25) is 9.88 Å². The number of nitrogens with zero attached hydrogens (tertiary/aromatic N) is 7. The number of ether oxygens (including phenoxy) is 1. The molecule has 0 spiro atoms. The van der Waals surface area contributed by atoms with Gasteiger partial charge in [-0.15, -0.1) is 10.2 Å². The fourth-order valence-electron chi connectivity index (χ4n) is 4.19. The minimum Gasteiger partial charge on any atom is -0.473 e. The molecule has 10 heteroatoms. The topological polar surface area (TPSA) is 116 Å². The highest BCUT2D eigenvalue weighted by atomic mass is 19.1. The molecule has 0 atom stereocenters. The van der Waals surface area contributed by atoms with Crippen molar-refractivity contribution in [2.75, 3.05) is 13.1 Å². The molecule has 0 amide bonds. The van der Waals surface area contributed by atoms with Crippen LogP contribution in [-0.2, 0) is 13.2 Å². The first-order valence-corrected chi connectivity index (χ1v) is 11.4. The molecule has 1 saturated heterocycles. The SMILES string of the molecule is N#Cc1ccc(COc2cccc(C3CCN(Cc4ccc(-c5nn[nH]n5)nc4)CC3)n2)c(F)c1. The molecule has 176 valence electrons. The van der Waals surface area contributed by atoms with Gasteiger partial charge in [-0.1, -0.05) is 18.2 Å². The maximum atomic E-state index is 14.1. The first-order chi connectivity index (χ1) is 17.2. The third-order valence-corrected chi connectivity index (χ3v) is 6.11. The third-order valence-electron chi connectivity index (χ3n) is 6.11. The number of hydrogen-bond acceptors (Lipinski definition) is 8. The second-order valence-electron chi connectivity index (χ2n) is 8.44. The Morgan fingerprint density at radius 2 is 2.03 bits per heavy atom. The van der Waals surface area contributed by atoms with Crippen molar-refractivity contribution in [1.82, 2.24) is 35.5 Å². The van der Waals surface area contributed by atoms with E-state index in [1.54, 1.807) is 18.2 Å².